The van der Waals surface area contributed by atoms with Crippen LogP contribution in [0.1, 0.15) is 34.9 Å². The maximum atomic E-state index is 12.9. The number of carbonyl (C=O) groups is 2. The van der Waals surface area contributed by atoms with E-state index in [1.165, 1.54) is 11.2 Å². The highest BCUT2D eigenvalue weighted by Gasteiger charge is 2.47. The molecule has 1 aliphatic rings. The molecule has 0 bridgehead atoms. The number of likely N-dealkylation sites (tertiary alicyclic amines) is 1. The Morgan fingerprint density at radius 3 is 2.56 bits per heavy atom. The second-order valence-corrected chi connectivity index (χ2v) is 8.16. The minimum absolute atomic E-state index is 0.00537. The van der Waals surface area contributed by atoms with Crippen molar-refractivity contribution in [1.82, 2.24) is 4.90 Å². The highest BCUT2D eigenvalue weighted by Crippen LogP contribution is 2.39. The Hall–Kier alpha value is -3.84. The third kappa shape index (κ3) is 4.89. The number of ketones is 1. The van der Waals surface area contributed by atoms with E-state index in [4.69, 9.17) is 13.9 Å². The van der Waals surface area contributed by atoms with E-state index in [2.05, 4.69) is 6.07 Å². The van der Waals surface area contributed by atoms with Crippen LogP contribution in [-0.4, -0.2) is 42.0 Å². The first-order chi connectivity index (χ1) is 16.5. The third-order valence-electron chi connectivity index (χ3n) is 5.72. The van der Waals surface area contributed by atoms with Crippen molar-refractivity contribution in [2.75, 3.05) is 20.3 Å². The molecule has 2 heterocycles. The summed E-state index contributed by atoms with van der Waals surface area (Å²) in [7, 11) is 1.58. The van der Waals surface area contributed by atoms with Gasteiger partial charge in [-0.1, -0.05) is 29.8 Å². The van der Waals surface area contributed by atoms with Gasteiger partial charge in [0, 0.05) is 25.8 Å². The molecule has 2 aromatic carbocycles. The average Bonchev–Trinajstić information content (AvgIpc) is 3.45. The number of aryl methyl sites for hydroxylation is 1. The Balaban J connectivity index is 1.59. The van der Waals surface area contributed by atoms with Gasteiger partial charge in [-0.15, -0.1) is 0 Å². The van der Waals surface area contributed by atoms with Gasteiger partial charge in [0.05, 0.1) is 11.8 Å². The molecular weight excluding hydrogens is 434 g/mol. The summed E-state index contributed by atoms with van der Waals surface area (Å²) in [5.74, 6) is -0.621. The van der Waals surface area contributed by atoms with E-state index >= 15 is 0 Å². The summed E-state index contributed by atoms with van der Waals surface area (Å²) in [5, 5.41) is 11.1. The number of carbonyl (C=O) groups excluding carboxylic acids is 2. The standard InChI is InChI=1S/C27H27NO6/c1-18-6-3-7-19(16-18)17-34-21-11-9-20(10-12-21)25(29)23-24(22-8-4-15-33-22)28(13-5-14-32-2)27(31)26(23)30/h3-4,6-12,15-16,24,29H,5,13-14,17H2,1-2H3/t24-/m1/s1. The van der Waals surface area contributed by atoms with Gasteiger partial charge in [-0.2, -0.15) is 0 Å². The van der Waals surface area contributed by atoms with Gasteiger partial charge in [0.1, 0.15) is 29.9 Å². The van der Waals surface area contributed by atoms with Crippen LogP contribution in [0, 0.1) is 6.92 Å². The van der Waals surface area contributed by atoms with Crippen molar-refractivity contribution in [3.63, 3.8) is 0 Å². The smallest absolute Gasteiger partial charge is 0.295 e. The molecule has 1 fully saturated rings. The molecule has 1 aromatic heterocycles. The summed E-state index contributed by atoms with van der Waals surface area (Å²) in [5.41, 5.74) is 2.63. The number of furan rings is 1. The van der Waals surface area contributed by atoms with E-state index in [1.54, 1.807) is 43.5 Å². The van der Waals surface area contributed by atoms with Crippen LogP contribution >= 0.6 is 0 Å². The molecule has 1 aliphatic heterocycles. The molecule has 1 amide bonds. The van der Waals surface area contributed by atoms with Crippen molar-refractivity contribution >= 4 is 17.4 Å². The molecule has 176 valence electrons. The second-order valence-electron chi connectivity index (χ2n) is 8.16. The van der Waals surface area contributed by atoms with Gasteiger partial charge in [-0.3, -0.25) is 9.59 Å². The normalized spacial score (nSPS) is 17.4. The number of benzene rings is 2. The fourth-order valence-electron chi connectivity index (χ4n) is 4.07. The highest BCUT2D eigenvalue weighted by molar-refractivity contribution is 6.46. The molecule has 7 heteroatoms. The molecule has 0 unspecified atom stereocenters. The largest absolute Gasteiger partial charge is 0.507 e. The topological polar surface area (TPSA) is 89.2 Å². The van der Waals surface area contributed by atoms with Crippen LogP contribution in [0.2, 0.25) is 0 Å². The van der Waals surface area contributed by atoms with Crippen molar-refractivity contribution < 1.29 is 28.6 Å². The molecule has 4 rings (SSSR count). The lowest BCUT2D eigenvalue weighted by atomic mass is 9.99. The monoisotopic (exact) mass is 461 g/mol. The maximum Gasteiger partial charge on any atom is 0.295 e. The summed E-state index contributed by atoms with van der Waals surface area (Å²) >= 11 is 0. The van der Waals surface area contributed by atoms with Crippen molar-refractivity contribution in [3.8, 4) is 5.75 Å². The average molecular weight is 462 g/mol. The number of nitrogens with zero attached hydrogens (tertiary/aromatic N) is 1. The molecule has 1 saturated heterocycles. The van der Waals surface area contributed by atoms with E-state index in [0.717, 1.165) is 11.1 Å². The van der Waals surface area contributed by atoms with E-state index in [9.17, 15) is 14.7 Å². The zero-order chi connectivity index (χ0) is 24.1. The zero-order valence-corrected chi connectivity index (χ0v) is 19.2. The van der Waals surface area contributed by atoms with Crippen LogP contribution in [-0.2, 0) is 20.9 Å². The SMILES string of the molecule is COCCCN1C(=O)C(=O)C(=C(O)c2ccc(OCc3cccc(C)c3)cc2)[C@H]1c1ccco1. The summed E-state index contributed by atoms with van der Waals surface area (Å²) in [6.07, 6.45) is 2.03. The summed E-state index contributed by atoms with van der Waals surface area (Å²) in [4.78, 5) is 27.1. The first-order valence-corrected chi connectivity index (χ1v) is 11.1. The van der Waals surface area contributed by atoms with Gasteiger partial charge in [0.25, 0.3) is 11.7 Å². The van der Waals surface area contributed by atoms with Crippen molar-refractivity contribution in [2.24, 2.45) is 0 Å². The van der Waals surface area contributed by atoms with Crippen LogP contribution < -0.4 is 4.74 Å². The van der Waals surface area contributed by atoms with Crippen molar-refractivity contribution in [3.05, 3.63) is 95.0 Å². The minimum Gasteiger partial charge on any atom is -0.507 e. The quantitative estimate of drug-likeness (QED) is 0.216. The van der Waals surface area contributed by atoms with E-state index in [1.807, 2.05) is 25.1 Å². The Bertz CT molecular complexity index is 1180. The predicted molar refractivity (Wildman–Crippen MR) is 126 cm³/mol. The zero-order valence-electron chi connectivity index (χ0n) is 19.2. The maximum absolute atomic E-state index is 12.9. The Morgan fingerprint density at radius 2 is 1.88 bits per heavy atom. The number of aliphatic hydroxyl groups excluding tert-OH is 1. The fourth-order valence-corrected chi connectivity index (χ4v) is 4.07. The van der Waals surface area contributed by atoms with Gasteiger partial charge in [-0.05, 0) is 55.3 Å². The van der Waals surface area contributed by atoms with Gasteiger partial charge in [-0.25, -0.2) is 0 Å². The molecule has 0 saturated carbocycles. The predicted octanol–water partition coefficient (Wildman–Crippen LogP) is 4.63. The van der Waals surface area contributed by atoms with Crippen molar-refractivity contribution in [1.29, 1.82) is 0 Å². The van der Waals surface area contributed by atoms with E-state index in [0.29, 0.717) is 43.3 Å². The molecule has 0 aliphatic carbocycles. The fraction of sp³-hybridized carbons (Fsp3) is 0.259. The number of hydrogen-bond donors (Lipinski definition) is 1. The number of methoxy groups -OCH3 is 1. The number of amides is 1. The van der Waals surface area contributed by atoms with E-state index in [-0.39, 0.29) is 11.3 Å². The molecule has 7 nitrogen and oxygen atoms in total. The number of Topliss-reactive ketones (excluding diaryl/α,β-unsaturated/α-hetero) is 1. The molecule has 0 spiro atoms. The molecule has 3 aromatic rings. The van der Waals surface area contributed by atoms with E-state index < -0.39 is 17.7 Å². The summed E-state index contributed by atoms with van der Waals surface area (Å²) in [6.45, 7) is 3.18. The lowest BCUT2D eigenvalue weighted by Crippen LogP contribution is -2.31. The lowest BCUT2D eigenvalue weighted by Gasteiger charge is -2.23. The second kappa shape index (κ2) is 10.4. The van der Waals surface area contributed by atoms with Crippen LogP contribution in [0.5, 0.6) is 5.75 Å². The van der Waals surface area contributed by atoms with Gasteiger partial charge in [0.15, 0.2) is 0 Å². The van der Waals surface area contributed by atoms with Crippen LogP contribution in [0.25, 0.3) is 5.76 Å². The summed E-state index contributed by atoms with van der Waals surface area (Å²) in [6, 6.07) is 17.4. The molecule has 34 heavy (non-hydrogen) atoms. The first kappa shape index (κ1) is 23.3. The molecule has 1 atom stereocenters. The molecule has 1 N–H and O–H groups in total. The van der Waals surface area contributed by atoms with Crippen LogP contribution in [0.3, 0.4) is 0 Å². The van der Waals surface area contributed by atoms with Gasteiger partial charge in [0.2, 0.25) is 0 Å². The van der Waals surface area contributed by atoms with Crippen LogP contribution in [0.4, 0.5) is 0 Å². The first-order valence-electron chi connectivity index (χ1n) is 11.1. The van der Waals surface area contributed by atoms with Gasteiger partial charge < -0.3 is 23.9 Å². The summed E-state index contributed by atoms with van der Waals surface area (Å²) < 4.78 is 16.4. The number of rotatable bonds is 9. The van der Waals surface area contributed by atoms with Gasteiger partial charge >= 0.3 is 0 Å². The van der Waals surface area contributed by atoms with Crippen LogP contribution in [0.15, 0.2) is 76.9 Å². The van der Waals surface area contributed by atoms with Crippen molar-refractivity contribution in [2.45, 2.75) is 26.0 Å². The lowest BCUT2D eigenvalue weighted by molar-refractivity contribution is -0.140. The minimum atomic E-state index is -0.802. The Labute approximate surface area is 198 Å². The Kier molecular flexibility index (Phi) is 7.13. The number of ether oxygens (including phenoxy) is 2. The molecule has 0 radical (unpaired) electrons. The number of hydrogen-bond acceptors (Lipinski definition) is 6. The Morgan fingerprint density at radius 1 is 1.09 bits per heavy atom. The highest BCUT2D eigenvalue weighted by atomic mass is 16.5. The third-order valence-corrected chi connectivity index (χ3v) is 5.72. The number of aliphatic hydroxyl groups is 1. The molecular formula is C27H27NO6.